The van der Waals surface area contributed by atoms with E-state index in [1.165, 1.54) is 0 Å². The second-order valence-corrected chi connectivity index (χ2v) is 3.55. The lowest BCUT2D eigenvalue weighted by atomic mass is 9.81. The Balaban J connectivity index is 2.42. The third kappa shape index (κ3) is 3.14. The fraction of sp³-hybridized carbons (Fsp3) is 1.00. The van der Waals surface area contributed by atoms with Crippen molar-refractivity contribution >= 4 is 0 Å². The Bertz CT molecular complexity index is 155. The lowest BCUT2D eigenvalue weighted by Crippen LogP contribution is -2.30. The van der Waals surface area contributed by atoms with E-state index in [2.05, 4.69) is 4.94 Å². The van der Waals surface area contributed by atoms with Crippen molar-refractivity contribution in [3.05, 3.63) is 0 Å². The van der Waals surface area contributed by atoms with Crippen LogP contribution >= 0.6 is 0 Å². The molecule has 13 heavy (non-hydrogen) atoms. The number of hydrogen-bond donors (Lipinski definition) is 0. The Kier molecular flexibility index (Phi) is 3.53. The van der Waals surface area contributed by atoms with Gasteiger partial charge >= 0.3 is 6.18 Å². The summed E-state index contributed by atoms with van der Waals surface area (Å²) in [6.07, 6.45) is -2.80. The molecule has 0 aromatic carbocycles. The Morgan fingerprint density at radius 3 is 2.46 bits per heavy atom. The molecule has 0 amide bonds. The minimum absolute atomic E-state index is 0.00736. The van der Waals surface area contributed by atoms with Crippen molar-refractivity contribution in [3.63, 3.8) is 0 Å². The van der Waals surface area contributed by atoms with Crippen LogP contribution in [0.25, 0.3) is 0 Å². The van der Waals surface area contributed by atoms with Gasteiger partial charge in [-0.3, -0.25) is 0 Å². The van der Waals surface area contributed by atoms with E-state index in [1.807, 2.05) is 0 Å². The van der Waals surface area contributed by atoms with Crippen molar-refractivity contribution < 1.29 is 22.6 Å². The number of halogens is 4. The van der Waals surface area contributed by atoms with Gasteiger partial charge in [0.15, 0.2) is 0 Å². The van der Waals surface area contributed by atoms with Crippen LogP contribution in [-0.4, -0.2) is 12.8 Å². The van der Waals surface area contributed by atoms with Gasteiger partial charge in [0.2, 0.25) is 0 Å². The maximum atomic E-state index is 12.2. The number of alkyl halides is 3. The molecule has 0 aromatic rings. The van der Waals surface area contributed by atoms with Crippen molar-refractivity contribution in [2.75, 3.05) is 6.61 Å². The lowest BCUT2D eigenvalue weighted by Gasteiger charge is -2.29. The fourth-order valence-corrected chi connectivity index (χ4v) is 1.83. The molecule has 0 heterocycles. The summed E-state index contributed by atoms with van der Waals surface area (Å²) in [7, 11) is 0. The van der Waals surface area contributed by atoms with Crippen LogP contribution in [0.5, 0.6) is 0 Å². The molecule has 0 N–H and O–H groups in total. The summed E-state index contributed by atoms with van der Waals surface area (Å²) in [4.78, 5) is 3.37. The summed E-state index contributed by atoms with van der Waals surface area (Å²) in [5.74, 6) is -1.54. The quantitative estimate of drug-likeness (QED) is 0.621. The fourth-order valence-electron chi connectivity index (χ4n) is 1.83. The van der Waals surface area contributed by atoms with Crippen molar-refractivity contribution in [2.24, 2.45) is 11.8 Å². The highest BCUT2D eigenvalue weighted by molar-refractivity contribution is 4.77. The van der Waals surface area contributed by atoms with Gasteiger partial charge < -0.3 is 0 Å². The zero-order valence-corrected chi connectivity index (χ0v) is 7.11. The molecule has 0 saturated heterocycles. The van der Waals surface area contributed by atoms with Crippen LogP contribution in [-0.2, 0) is 4.94 Å². The van der Waals surface area contributed by atoms with Gasteiger partial charge in [-0.25, -0.2) is 0 Å². The molecule has 2 atom stereocenters. The highest BCUT2D eigenvalue weighted by Gasteiger charge is 2.42. The average Bonchev–Trinajstić information content (AvgIpc) is 2.04. The van der Waals surface area contributed by atoms with Gasteiger partial charge in [0.25, 0.3) is 0 Å². The first kappa shape index (κ1) is 10.8. The molecule has 0 aliphatic heterocycles. The summed E-state index contributed by atoms with van der Waals surface area (Å²) < 4.78 is 48.1. The molecule has 78 valence electrons. The molecule has 0 spiro atoms. The Labute approximate surface area is 74.0 Å². The van der Waals surface area contributed by atoms with E-state index in [4.69, 9.17) is 0 Å². The van der Waals surface area contributed by atoms with Gasteiger partial charge in [0.05, 0.1) is 12.5 Å². The van der Waals surface area contributed by atoms with Crippen LogP contribution in [0.1, 0.15) is 25.7 Å². The van der Waals surface area contributed by atoms with E-state index < -0.39 is 12.1 Å². The maximum Gasteiger partial charge on any atom is 0.391 e. The molecular formula is C8H12F4O. The standard InChI is InChI=1S/C8H12F4O/c9-8(10,11)7-3-1-2-6(4-7)5-13-12/h6-7H,1-5H2. The molecule has 1 aliphatic carbocycles. The highest BCUT2D eigenvalue weighted by atomic mass is 19.4. The third-order valence-electron chi connectivity index (χ3n) is 2.54. The highest BCUT2D eigenvalue weighted by Crippen LogP contribution is 2.39. The maximum absolute atomic E-state index is 12.2. The van der Waals surface area contributed by atoms with E-state index in [1.54, 1.807) is 0 Å². The molecule has 2 unspecified atom stereocenters. The summed E-state index contributed by atoms with van der Waals surface area (Å²) in [6, 6.07) is 0. The van der Waals surface area contributed by atoms with Gasteiger partial charge in [-0.2, -0.15) is 18.1 Å². The van der Waals surface area contributed by atoms with E-state index in [0.29, 0.717) is 12.8 Å². The van der Waals surface area contributed by atoms with Gasteiger partial charge in [-0.05, 0) is 29.7 Å². The van der Waals surface area contributed by atoms with Crippen LogP contribution in [0.4, 0.5) is 17.7 Å². The molecule has 1 fully saturated rings. The third-order valence-corrected chi connectivity index (χ3v) is 2.54. The summed E-state index contributed by atoms with van der Waals surface area (Å²) in [5, 5.41) is 0. The van der Waals surface area contributed by atoms with Crippen molar-refractivity contribution in [1.82, 2.24) is 0 Å². The van der Waals surface area contributed by atoms with Crippen LogP contribution in [0.2, 0.25) is 0 Å². The summed E-state index contributed by atoms with van der Waals surface area (Å²) in [6.45, 7) is -0.202. The van der Waals surface area contributed by atoms with Crippen molar-refractivity contribution in [2.45, 2.75) is 31.9 Å². The second-order valence-electron chi connectivity index (χ2n) is 3.55. The van der Waals surface area contributed by atoms with E-state index in [-0.39, 0.29) is 25.4 Å². The van der Waals surface area contributed by atoms with Gasteiger partial charge in [0.1, 0.15) is 0 Å². The number of hydrogen-bond acceptors (Lipinski definition) is 1. The molecule has 1 saturated carbocycles. The van der Waals surface area contributed by atoms with Crippen LogP contribution < -0.4 is 0 Å². The first-order valence-corrected chi connectivity index (χ1v) is 4.34. The first-order valence-electron chi connectivity index (χ1n) is 4.34. The minimum atomic E-state index is -4.13. The molecule has 1 rings (SSSR count). The molecule has 1 aliphatic rings. The molecule has 0 aromatic heterocycles. The SMILES string of the molecule is FOCC1CCCC(C(F)(F)F)C1. The minimum Gasteiger partial charge on any atom is -0.194 e. The molecule has 1 nitrogen and oxygen atoms in total. The number of rotatable bonds is 2. The second kappa shape index (κ2) is 4.26. The molecule has 0 bridgehead atoms. The largest absolute Gasteiger partial charge is 0.391 e. The lowest BCUT2D eigenvalue weighted by molar-refractivity contribution is -0.196. The summed E-state index contributed by atoms with van der Waals surface area (Å²) >= 11 is 0. The van der Waals surface area contributed by atoms with Crippen molar-refractivity contribution in [1.29, 1.82) is 0 Å². The predicted molar refractivity (Wildman–Crippen MR) is 38.6 cm³/mol. The normalized spacial score (nSPS) is 30.5. The Morgan fingerprint density at radius 1 is 1.23 bits per heavy atom. The monoisotopic (exact) mass is 200 g/mol. The van der Waals surface area contributed by atoms with E-state index in [9.17, 15) is 17.7 Å². The Hall–Kier alpha value is -0.320. The van der Waals surface area contributed by atoms with Crippen LogP contribution in [0.15, 0.2) is 0 Å². The van der Waals surface area contributed by atoms with Crippen LogP contribution in [0.3, 0.4) is 0 Å². The smallest absolute Gasteiger partial charge is 0.194 e. The first-order chi connectivity index (χ1) is 6.04. The Morgan fingerprint density at radius 2 is 1.92 bits per heavy atom. The van der Waals surface area contributed by atoms with Gasteiger partial charge in [-0.15, -0.1) is 0 Å². The predicted octanol–water partition coefficient (Wildman–Crippen LogP) is 3.26. The van der Waals surface area contributed by atoms with Crippen molar-refractivity contribution in [3.8, 4) is 0 Å². The van der Waals surface area contributed by atoms with Gasteiger partial charge in [-0.1, -0.05) is 6.42 Å². The van der Waals surface area contributed by atoms with E-state index >= 15 is 0 Å². The molecule has 5 heteroatoms. The zero-order chi connectivity index (χ0) is 9.90. The topological polar surface area (TPSA) is 9.23 Å². The summed E-state index contributed by atoms with van der Waals surface area (Å²) in [5.41, 5.74) is 0. The zero-order valence-electron chi connectivity index (χ0n) is 7.11. The molecule has 0 radical (unpaired) electrons. The van der Waals surface area contributed by atoms with E-state index in [0.717, 1.165) is 0 Å². The van der Waals surface area contributed by atoms with Crippen LogP contribution in [0, 0.1) is 11.8 Å². The molecular weight excluding hydrogens is 188 g/mol. The average molecular weight is 200 g/mol. The van der Waals surface area contributed by atoms with Gasteiger partial charge in [0, 0.05) is 0 Å².